The molecule has 1 aliphatic heterocycles. The molecule has 1 unspecified atom stereocenters. The van der Waals surface area contributed by atoms with Crippen molar-refractivity contribution in [2.24, 2.45) is 5.73 Å². The number of halogens is 1. The van der Waals surface area contributed by atoms with Gasteiger partial charge in [0.25, 0.3) is 0 Å². The van der Waals surface area contributed by atoms with Gasteiger partial charge in [0.1, 0.15) is 5.82 Å². The van der Waals surface area contributed by atoms with Gasteiger partial charge in [0.15, 0.2) is 0 Å². The molecule has 0 radical (unpaired) electrons. The highest BCUT2D eigenvalue weighted by molar-refractivity contribution is 5.79. The van der Waals surface area contributed by atoms with Crippen LogP contribution in [0.15, 0.2) is 24.3 Å². The molecule has 1 saturated heterocycles. The molecule has 1 aliphatic rings. The first-order valence-corrected chi connectivity index (χ1v) is 6.12. The fourth-order valence-corrected chi connectivity index (χ4v) is 2.20. The molecule has 0 aliphatic carbocycles. The van der Waals surface area contributed by atoms with E-state index in [4.69, 9.17) is 5.73 Å². The van der Waals surface area contributed by atoms with Crippen molar-refractivity contribution in [3.05, 3.63) is 30.1 Å². The van der Waals surface area contributed by atoms with Crippen molar-refractivity contribution in [1.82, 2.24) is 4.90 Å². The molecule has 1 fully saturated rings. The van der Waals surface area contributed by atoms with Crippen LogP contribution in [0, 0.1) is 5.82 Å². The minimum Gasteiger partial charge on any atom is -0.369 e. The zero-order chi connectivity index (χ0) is 13.1. The van der Waals surface area contributed by atoms with Gasteiger partial charge < -0.3 is 10.6 Å². The van der Waals surface area contributed by atoms with E-state index in [0.29, 0.717) is 0 Å². The van der Waals surface area contributed by atoms with E-state index in [9.17, 15) is 9.18 Å². The normalized spacial score (nSPS) is 18.7. The molecule has 4 nitrogen and oxygen atoms in total. The molecule has 2 rings (SSSR count). The monoisotopic (exact) mass is 251 g/mol. The Balaban J connectivity index is 1.94. The van der Waals surface area contributed by atoms with E-state index in [0.717, 1.165) is 31.9 Å². The van der Waals surface area contributed by atoms with Crippen LogP contribution in [0.3, 0.4) is 0 Å². The molecule has 1 aromatic rings. The van der Waals surface area contributed by atoms with Crippen LogP contribution >= 0.6 is 0 Å². The summed E-state index contributed by atoms with van der Waals surface area (Å²) in [6, 6.07) is 6.27. The van der Waals surface area contributed by atoms with Gasteiger partial charge in [0.2, 0.25) is 5.91 Å². The number of nitrogens with two attached hydrogens (primary N) is 1. The van der Waals surface area contributed by atoms with Crippen LogP contribution in [0.1, 0.15) is 6.92 Å². The van der Waals surface area contributed by atoms with Crippen molar-refractivity contribution >= 4 is 11.6 Å². The van der Waals surface area contributed by atoms with Crippen LogP contribution < -0.4 is 10.6 Å². The third-order valence-corrected chi connectivity index (χ3v) is 3.47. The number of hydrogen-bond donors (Lipinski definition) is 1. The lowest BCUT2D eigenvalue weighted by Gasteiger charge is -2.38. The number of carbonyl (C=O) groups excluding carboxylic acids is 1. The topological polar surface area (TPSA) is 49.6 Å². The second-order valence-electron chi connectivity index (χ2n) is 4.58. The second-order valence-corrected chi connectivity index (χ2v) is 4.58. The minimum absolute atomic E-state index is 0.222. The molecular formula is C13H18FN3O. The number of carbonyl (C=O) groups is 1. The molecule has 1 amide bonds. The van der Waals surface area contributed by atoms with Crippen molar-refractivity contribution in [3.8, 4) is 0 Å². The van der Waals surface area contributed by atoms with Crippen molar-refractivity contribution in [2.75, 3.05) is 31.1 Å². The van der Waals surface area contributed by atoms with Crippen LogP contribution in [-0.4, -0.2) is 43.0 Å². The van der Waals surface area contributed by atoms with Crippen LogP contribution in [0.4, 0.5) is 10.1 Å². The first kappa shape index (κ1) is 12.8. The molecular weight excluding hydrogens is 233 g/mol. The quantitative estimate of drug-likeness (QED) is 0.865. The number of rotatable bonds is 3. The summed E-state index contributed by atoms with van der Waals surface area (Å²) in [6.45, 7) is 5.06. The molecule has 1 heterocycles. The summed E-state index contributed by atoms with van der Waals surface area (Å²) in [4.78, 5) is 15.4. The number of anilines is 1. The summed E-state index contributed by atoms with van der Waals surface area (Å²) < 4.78 is 12.8. The average molecular weight is 251 g/mol. The van der Waals surface area contributed by atoms with Gasteiger partial charge in [-0.05, 0) is 31.2 Å². The lowest BCUT2D eigenvalue weighted by atomic mass is 10.2. The summed E-state index contributed by atoms with van der Waals surface area (Å²) in [7, 11) is 0. The first-order valence-electron chi connectivity index (χ1n) is 6.12. The van der Waals surface area contributed by atoms with Gasteiger partial charge in [-0.25, -0.2) is 4.39 Å². The van der Waals surface area contributed by atoms with E-state index in [2.05, 4.69) is 9.80 Å². The van der Waals surface area contributed by atoms with E-state index in [1.165, 1.54) is 12.1 Å². The zero-order valence-electron chi connectivity index (χ0n) is 10.5. The molecule has 0 bridgehead atoms. The molecule has 0 spiro atoms. The lowest BCUT2D eigenvalue weighted by molar-refractivity contribution is -0.122. The Kier molecular flexibility index (Phi) is 3.81. The Morgan fingerprint density at radius 2 is 1.78 bits per heavy atom. The van der Waals surface area contributed by atoms with Gasteiger partial charge in [-0.15, -0.1) is 0 Å². The molecule has 98 valence electrons. The van der Waals surface area contributed by atoms with Crippen LogP contribution in [0.5, 0.6) is 0 Å². The summed E-state index contributed by atoms with van der Waals surface area (Å²) >= 11 is 0. The van der Waals surface area contributed by atoms with Crippen LogP contribution in [-0.2, 0) is 4.79 Å². The molecule has 1 atom stereocenters. The summed E-state index contributed by atoms with van der Waals surface area (Å²) in [6.07, 6.45) is 0. The van der Waals surface area contributed by atoms with Gasteiger partial charge in [0, 0.05) is 31.9 Å². The Bertz CT molecular complexity index is 413. The van der Waals surface area contributed by atoms with Crippen LogP contribution in [0.2, 0.25) is 0 Å². The SMILES string of the molecule is CC(C(N)=O)N1CCN(c2ccc(F)cc2)CC1. The maximum absolute atomic E-state index is 12.8. The highest BCUT2D eigenvalue weighted by atomic mass is 19.1. The predicted octanol–water partition coefficient (Wildman–Crippen LogP) is 0.822. The predicted molar refractivity (Wildman–Crippen MR) is 68.8 cm³/mol. The van der Waals surface area contributed by atoms with Gasteiger partial charge in [-0.3, -0.25) is 9.69 Å². The number of primary amides is 1. The number of piperazine rings is 1. The van der Waals surface area contributed by atoms with Gasteiger partial charge in [-0.1, -0.05) is 0 Å². The van der Waals surface area contributed by atoms with Crippen molar-refractivity contribution in [3.63, 3.8) is 0 Å². The lowest BCUT2D eigenvalue weighted by Crippen LogP contribution is -2.53. The molecule has 0 aromatic heterocycles. The van der Waals surface area contributed by atoms with Gasteiger partial charge in [0.05, 0.1) is 6.04 Å². The van der Waals surface area contributed by atoms with Crippen molar-refractivity contribution < 1.29 is 9.18 Å². The van der Waals surface area contributed by atoms with E-state index in [1.807, 2.05) is 6.92 Å². The number of amides is 1. The highest BCUT2D eigenvalue weighted by Gasteiger charge is 2.23. The highest BCUT2D eigenvalue weighted by Crippen LogP contribution is 2.17. The van der Waals surface area contributed by atoms with Crippen molar-refractivity contribution in [1.29, 1.82) is 0 Å². The number of hydrogen-bond acceptors (Lipinski definition) is 3. The fourth-order valence-electron chi connectivity index (χ4n) is 2.20. The summed E-state index contributed by atoms with van der Waals surface area (Å²) in [5.74, 6) is -0.509. The molecule has 5 heteroatoms. The van der Waals surface area contributed by atoms with E-state index < -0.39 is 0 Å². The Hall–Kier alpha value is -1.62. The fraction of sp³-hybridized carbons (Fsp3) is 0.462. The Morgan fingerprint density at radius 1 is 1.22 bits per heavy atom. The maximum Gasteiger partial charge on any atom is 0.234 e. The summed E-state index contributed by atoms with van der Waals surface area (Å²) in [5.41, 5.74) is 6.31. The molecule has 0 saturated carbocycles. The van der Waals surface area contributed by atoms with Gasteiger partial charge in [-0.2, -0.15) is 0 Å². The Labute approximate surface area is 106 Å². The zero-order valence-corrected chi connectivity index (χ0v) is 10.5. The number of benzene rings is 1. The van der Waals surface area contributed by atoms with E-state index >= 15 is 0 Å². The molecule has 1 aromatic carbocycles. The standard InChI is InChI=1S/C13H18FN3O/c1-10(13(15)18)16-6-8-17(9-7-16)12-4-2-11(14)3-5-12/h2-5,10H,6-9H2,1H3,(H2,15,18). The van der Waals surface area contributed by atoms with Crippen LogP contribution in [0.25, 0.3) is 0 Å². The second kappa shape index (κ2) is 5.35. The minimum atomic E-state index is -0.287. The maximum atomic E-state index is 12.8. The Morgan fingerprint density at radius 3 is 2.28 bits per heavy atom. The van der Waals surface area contributed by atoms with Crippen molar-refractivity contribution in [2.45, 2.75) is 13.0 Å². The number of nitrogens with zero attached hydrogens (tertiary/aromatic N) is 2. The largest absolute Gasteiger partial charge is 0.369 e. The molecule has 18 heavy (non-hydrogen) atoms. The third kappa shape index (κ3) is 2.79. The van der Waals surface area contributed by atoms with Gasteiger partial charge >= 0.3 is 0 Å². The van der Waals surface area contributed by atoms with E-state index in [1.54, 1.807) is 12.1 Å². The smallest absolute Gasteiger partial charge is 0.234 e. The molecule has 2 N–H and O–H groups in total. The summed E-state index contributed by atoms with van der Waals surface area (Å²) in [5, 5.41) is 0. The first-order chi connectivity index (χ1) is 8.58. The average Bonchev–Trinajstić information content (AvgIpc) is 2.39. The third-order valence-electron chi connectivity index (χ3n) is 3.47. The van der Waals surface area contributed by atoms with E-state index in [-0.39, 0.29) is 17.8 Å².